The standard InChI is InChI=1S/C15H21BrN4/c1-18(2)3-4-19-5-7-20(8-6-19)15-10-13(12-17)9-14(16)11-15/h9-11H,3-8H2,1-2H3. The van der Waals surface area contributed by atoms with Gasteiger partial charge in [-0.2, -0.15) is 5.26 Å². The molecule has 20 heavy (non-hydrogen) atoms. The van der Waals surface area contributed by atoms with Crippen LogP contribution in [-0.4, -0.2) is 63.2 Å². The van der Waals surface area contributed by atoms with Crippen LogP contribution in [0.25, 0.3) is 0 Å². The molecule has 0 aromatic heterocycles. The van der Waals surface area contributed by atoms with Crippen molar-refractivity contribution in [3.63, 3.8) is 0 Å². The second-order valence-corrected chi connectivity index (χ2v) is 6.36. The maximum atomic E-state index is 9.05. The molecule has 1 saturated heterocycles. The number of halogens is 1. The van der Waals surface area contributed by atoms with Gasteiger partial charge >= 0.3 is 0 Å². The van der Waals surface area contributed by atoms with Crippen molar-refractivity contribution in [3.05, 3.63) is 28.2 Å². The van der Waals surface area contributed by atoms with Crippen LogP contribution in [0.1, 0.15) is 5.56 Å². The van der Waals surface area contributed by atoms with Crippen LogP contribution < -0.4 is 4.90 Å². The largest absolute Gasteiger partial charge is 0.369 e. The zero-order valence-electron chi connectivity index (χ0n) is 12.1. The molecule has 0 aliphatic carbocycles. The van der Waals surface area contributed by atoms with Gasteiger partial charge in [0, 0.05) is 49.4 Å². The van der Waals surface area contributed by atoms with Crippen LogP contribution >= 0.6 is 15.9 Å². The van der Waals surface area contributed by atoms with Crippen LogP contribution in [-0.2, 0) is 0 Å². The smallest absolute Gasteiger partial charge is 0.0992 e. The SMILES string of the molecule is CN(C)CCN1CCN(c2cc(Br)cc(C#N)c2)CC1. The summed E-state index contributed by atoms with van der Waals surface area (Å²) < 4.78 is 0.974. The molecule has 1 aromatic rings. The molecule has 0 radical (unpaired) electrons. The van der Waals surface area contributed by atoms with Crippen molar-refractivity contribution in [3.8, 4) is 6.07 Å². The summed E-state index contributed by atoms with van der Waals surface area (Å²) in [6.07, 6.45) is 0. The first-order chi connectivity index (χ1) is 9.58. The lowest BCUT2D eigenvalue weighted by Crippen LogP contribution is -2.48. The molecule has 4 nitrogen and oxygen atoms in total. The minimum Gasteiger partial charge on any atom is -0.369 e. The molecule has 5 heteroatoms. The van der Waals surface area contributed by atoms with E-state index in [1.54, 1.807) is 0 Å². The Morgan fingerprint density at radius 1 is 1.20 bits per heavy atom. The van der Waals surface area contributed by atoms with Crippen molar-refractivity contribution in [2.45, 2.75) is 0 Å². The molecule has 0 amide bonds. The topological polar surface area (TPSA) is 33.5 Å². The molecule has 0 spiro atoms. The summed E-state index contributed by atoms with van der Waals surface area (Å²) in [5.41, 5.74) is 1.85. The second-order valence-electron chi connectivity index (χ2n) is 5.44. The van der Waals surface area contributed by atoms with Gasteiger partial charge in [0.2, 0.25) is 0 Å². The number of hydrogen-bond donors (Lipinski definition) is 0. The van der Waals surface area contributed by atoms with Crippen LogP contribution in [0.15, 0.2) is 22.7 Å². The first-order valence-electron chi connectivity index (χ1n) is 6.91. The number of benzene rings is 1. The molecular weight excluding hydrogens is 316 g/mol. The van der Waals surface area contributed by atoms with E-state index in [2.05, 4.69) is 56.9 Å². The highest BCUT2D eigenvalue weighted by atomic mass is 79.9. The van der Waals surface area contributed by atoms with Crippen molar-refractivity contribution in [1.82, 2.24) is 9.80 Å². The van der Waals surface area contributed by atoms with E-state index >= 15 is 0 Å². The molecule has 108 valence electrons. The van der Waals surface area contributed by atoms with Gasteiger partial charge in [-0.15, -0.1) is 0 Å². The number of nitriles is 1. The van der Waals surface area contributed by atoms with Crippen LogP contribution in [0.4, 0.5) is 5.69 Å². The summed E-state index contributed by atoms with van der Waals surface area (Å²) in [6.45, 7) is 6.45. The van der Waals surface area contributed by atoms with Gasteiger partial charge in [-0.05, 0) is 32.3 Å². The maximum Gasteiger partial charge on any atom is 0.0992 e. The van der Waals surface area contributed by atoms with Gasteiger partial charge in [-0.25, -0.2) is 0 Å². The molecule has 2 rings (SSSR count). The van der Waals surface area contributed by atoms with Gasteiger partial charge in [-0.1, -0.05) is 15.9 Å². The Hall–Kier alpha value is -1.09. The minimum atomic E-state index is 0.712. The van der Waals surface area contributed by atoms with Gasteiger partial charge in [-0.3, -0.25) is 4.90 Å². The van der Waals surface area contributed by atoms with E-state index in [1.165, 1.54) is 0 Å². The molecule has 0 saturated carbocycles. The molecule has 0 bridgehead atoms. The second kappa shape index (κ2) is 7.07. The molecule has 1 aliphatic heterocycles. The zero-order valence-corrected chi connectivity index (χ0v) is 13.7. The Bertz CT molecular complexity index is 487. The Balaban J connectivity index is 1.94. The molecule has 1 aromatic carbocycles. The third kappa shape index (κ3) is 4.20. The van der Waals surface area contributed by atoms with Crippen molar-refractivity contribution in [2.24, 2.45) is 0 Å². The highest BCUT2D eigenvalue weighted by Gasteiger charge is 2.17. The predicted molar refractivity (Wildman–Crippen MR) is 86.1 cm³/mol. The minimum absolute atomic E-state index is 0.712. The normalized spacial score (nSPS) is 16.4. The number of hydrogen-bond acceptors (Lipinski definition) is 4. The van der Waals surface area contributed by atoms with Gasteiger partial charge in [0.05, 0.1) is 11.6 Å². The van der Waals surface area contributed by atoms with Crippen molar-refractivity contribution >= 4 is 21.6 Å². The summed E-state index contributed by atoms with van der Waals surface area (Å²) in [4.78, 5) is 7.08. The van der Waals surface area contributed by atoms with Crippen LogP contribution in [0.2, 0.25) is 0 Å². The number of rotatable bonds is 4. The number of nitrogens with zero attached hydrogens (tertiary/aromatic N) is 4. The summed E-state index contributed by atoms with van der Waals surface area (Å²) in [6, 6.07) is 8.14. The maximum absolute atomic E-state index is 9.05. The van der Waals surface area contributed by atoms with Crippen LogP contribution in [0.3, 0.4) is 0 Å². The molecule has 1 fully saturated rings. The van der Waals surface area contributed by atoms with E-state index in [4.69, 9.17) is 5.26 Å². The Morgan fingerprint density at radius 2 is 1.90 bits per heavy atom. The monoisotopic (exact) mass is 336 g/mol. The lowest BCUT2D eigenvalue weighted by Gasteiger charge is -2.36. The highest BCUT2D eigenvalue weighted by Crippen LogP contribution is 2.23. The van der Waals surface area contributed by atoms with E-state index in [0.717, 1.165) is 49.4 Å². The Morgan fingerprint density at radius 3 is 2.50 bits per heavy atom. The van der Waals surface area contributed by atoms with E-state index in [0.29, 0.717) is 5.56 Å². The van der Waals surface area contributed by atoms with Gasteiger partial charge < -0.3 is 9.80 Å². The predicted octanol–water partition coefficient (Wildman–Crippen LogP) is 2.00. The number of anilines is 1. The molecular formula is C15H21BrN4. The number of piperazine rings is 1. The van der Waals surface area contributed by atoms with Gasteiger partial charge in [0.1, 0.15) is 0 Å². The summed E-state index contributed by atoms with van der Waals surface area (Å²) >= 11 is 3.48. The molecule has 1 aliphatic rings. The van der Waals surface area contributed by atoms with Crippen molar-refractivity contribution < 1.29 is 0 Å². The van der Waals surface area contributed by atoms with Crippen LogP contribution in [0, 0.1) is 11.3 Å². The summed E-state index contributed by atoms with van der Waals surface area (Å²) in [5, 5.41) is 9.05. The van der Waals surface area contributed by atoms with Gasteiger partial charge in [0.15, 0.2) is 0 Å². The third-order valence-corrected chi connectivity index (χ3v) is 4.07. The molecule has 0 atom stereocenters. The van der Waals surface area contributed by atoms with E-state index in [9.17, 15) is 0 Å². The van der Waals surface area contributed by atoms with E-state index in [-0.39, 0.29) is 0 Å². The lowest BCUT2D eigenvalue weighted by atomic mass is 10.2. The Kier molecular flexibility index (Phi) is 5.41. The van der Waals surface area contributed by atoms with Gasteiger partial charge in [0.25, 0.3) is 0 Å². The quantitative estimate of drug-likeness (QED) is 0.842. The molecule has 0 unspecified atom stereocenters. The first kappa shape index (κ1) is 15.3. The summed E-state index contributed by atoms with van der Waals surface area (Å²) in [5.74, 6) is 0. The zero-order chi connectivity index (χ0) is 14.5. The number of likely N-dealkylation sites (N-methyl/N-ethyl adjacent to an activating group) is 1. The average Bonchev–Trinajstić information content (AvgIpc) is 2.45. The lowest BCUT2D eigenvalue weighted by molar-refractivity contribution is 0.229. The van der Waals surface area contributed by atoms with Crippen LogP contribution in [0.5, 0.6) is 0 Å². The van der Waals surface area contributed by atoms with Crippen molar-refractivity contribution in [2.75, 3.05) is 58.3 Å². The Labute approximate surface area is 129 Å². The first-order valence-corrected chi connectivity index (χ1v) is 7.70. The van der Waals surface area contributed by atoms with E-state index in [1.807, 2.05) is 12.1 Å². The average molecular weight is 337 g/mol. The fourth-order valence-corrected chi connectivity index (χ4v) is 2.87. The highest BCUT2D eigenvalue weighted by molar-refractivity contribution is 9.10. The fourth-order valence-electron chi connectivity index (χ4n) is 2.39. The fraction of sp³-hybridized carbons (Fsp3) is 0.533. The molecule has 0 N–H and O–H groups in total. The molecule has 1 heterocycles. The summed E-state index contributed by atoms with van der Waals surface area (Å²) in [7, 11) is 4.22. The van der Waals surface area contributed by atoms with E-state index < -0.39 is 0 Å². The van der Waals surface area contributed by atoms with Crippen molar-refractivity contribution in [1.29, 1.82) is 5.26 Å². The third-order valence-electron chi connectivity index (χ3n) is 3.61.